The van der Waals surface area contributed by atoms with E-state index in [4.69, 9.17) is 7.12 Å². The van der Waals surface area contributed by atoms with Crippen LogP contribution in [0, 0.1) is 0 Å². The van der Waals surface area contributed by atoms with Gasteiger partial charge in [0.25, 0.3) is 0 Å². The molecule has 1 aliphatic carbocycles. The number of benzene rings is 1. The number of nitrogens with one attached hydrogen (secondary N) is 2. The second-order valence-electron chi connectivity index (χ2n) is 3.79. The molecule has 0 heterocycles. The van der Waals surface area contributed by atoms with Crippen LogP contribution in [-0.2, 0) is 6.42 Å². The molecule has 0 saturated carbocycles. The van der Waals surface area contributed by atoms with Crippen LogP contribution in [0.1, 0.15) is 17.2 Å². The van der Waals surface area contributed by atoms with Crippen molar-refractivity contribution in [3.05, 3.63) is 47.8 Å². The van der Waals surface area contributed by atoms with E-state index in [9.17, 15) is 5.11 Å². The van der Waals surface area contributed by atoms with E-state index >= 15 is 0 Å². The Morgan fingerprint density at radius 1 is 1.50 bits per heavy atom. The minimum absolute atomic E-state index is 0.108. The first kappa shape index (κ1) is 11.4. The largest absolute Gasteiger partial charge is 0.390 e. The quantitative estimate of drug-likeness (QED) is 0.536. The Kier molecular flexibility index (Phi) is 3.46. The smallest absolute Gasteiger partial charge is 0.193 e. The molecule has 0 spiro atoms. The highest BCUT2D eigenvalue weighted by atomic mass is 32.2. The molecular weight excluding hydrogens is 219 g/mol. The van der Waals surface area contributed by atoms with Gasteiger partial charge in [0.2, 0.25) is 0 Å². The molecule has 2 rings (SSSR count). The lowest BCUT2D eigenvalue weighted by Crippen LogP contribution is -2.31. The van der Waals surface area contributed by atoms with Crippen molar-refractivity contribution in [1.29, 1.82) is 0 Å². The van der Waals surface area contributed by atoms with Crippen LogP contribution in [0.2, 0.25) is 0 Å². The highest BCUT2D eigenvalue weighted by molar-refractivity contribution is 8.18. The van der Waals surface area contributed by atoms with Gasteiger partial charge in [0.15, 0.2) is 7.12 Å². The van der Waals surface area contributed by atoms with E-state index in [2.05, 4.69) is 16.6 Å². The summed E-state index contributed by atoms with van der Waals surface area (Å²) in [5, 5.41) is 13.1. The van der Waals surface area contributed by atoms with Gasteiger partial charge in [-0.2, -0.15) is 0 Å². The van der Waals surface area contributed by atoms with E-state index in [0.717, 1.165) is 17.4 Å². The van der Waals surface area contributed by atoms with Crippen molar-refractivity contribution in [2.75, 3.05) is 0 Å². The molecule has 0 fully saturated rings. The van der Waals surface area contributed by atoms with Crippen LogP contribution in [0.3, 0.4) is 0 Å². The third-order valence-electron chi connectivity index (χ3n) is 2.72. The van der Waals surface area contributed by atoms with Crippen LogP contribution in [0.15, 0.2) is 36.7 Å². The third kappa shape index (κ3) is 2.20. The van der Waals surface area contributed by atoms with Gasteiger partial charge in [0, 0.05) is 6.42 Å². The molecule has 1 aromatic rings. The summed E-state index contributed by atoms with van der Waals surface area (Å²) in [4.78, 5) is 0. The maximum atomic E-state index is 9.96. The summed E-state index contributed by atoms with van der Waals surface area (Å²) < 4.78 is 2.80. The SMILES string of the molecule is [B]SNC(=C)NC1c2ccccc2CC1O. The predicted molar refractivity (Wildman–Crippen MR) is 67.7 cm³/mol. The Bertz CT molecular complexity index is 399. The van der Waals surface area contributed by atoms with Crippen LogP contribution < -0.4 is 10.0 Å². The first-order valence-electron chi connectivity index (χ1n) is 5.05. The summed E-state index contributed by atoms with van der Waals surface area (Å²) in [6.45, 7) is 3.78. The molecular formula is C11H13BN2OS. The van der Waals surface area contributed by atoms with Crippen molar-refractivity contribution in [1.82, 2.24) is 10.0 Å². The average molecular weight is 232 g/mol. The van der Waals surface area contributed by atoms with Gasteiger partial charge in [-0.25, -0.2) is 0 Å². The van der Waals surface area contributed by atoms with Gasteiger partial charge in [-0.05, 0) is 11.1 Å². The predicted octanol–water partition coefficient (Wildman–Crippen LogP) is 1.03. The van der Waals surface area contributed by atoms with E-state index in [0.29, 0.717) is 12.2 Å². The molecule has 1 aromatic carbocycles. The van der Waals surface area contributed by atoms with Crippen molar-refractivity contribution in [3.63, 3.8) is 0 Å². The third-order valence-corrected chi connectivity index (χ3v) is 3.08. The van der Waals surface area contributed by atoms with Gasteiger partial charge in [-0.3, -0.25) is 0 Å². The zero-order chi connectivity index (χ0) is 11.5. The van der Waals surface area contributed by atoms with Gasteiger partial charge in [-0.15, -0.1) is 11.8 Å². The molecule has 3 nitrogen and oxygen atoms in total. The number of hydrogen-bond donors (Lipinski definition) is 3. The van der Waals surface area contributed by atoms with Gasteiger partial charge in [0.1, 0.15) is 5.82 Å². The van der Waals surface area contributed by atoms with Crippen molar-refractivity contribution in [2.45, 2.75) is 18.6 Å². The monoisotopic (exact) mass is 232 g/mol. The lowest BCUT2D eigenvalue weighted by atomic mass is 10.1. The molecule has 0 aromatic heterocycles. The lowest BCUT2D eigenvalue weighted by Gasteiger charge is -2.20. The number of aliphatic hydroxyl groups is 1. The fraction of sp³-hybridized carbons (Fsp3) is 0.273. The van der Waals surface area contributed by atoms with Crippen LogP contribution in [0.25, 0.3) is 0 Å². The van der Waals surface area contributed by atoms with Crippen molar-refractivity contribution < 1.29 is 5.11 Å². The zero-order valence-electron chi connectivity index (χ0n) is 8.81. The zero-order valence-corrected chi connectivity index (χ0v) is 9.63. The van der Waals surface area contributed by atoms with Gasteiger partial charge in [0.05, 0.1) is 12.1 Å². The highest BCUT2D eigenvalue weighted by Gasteiger charge is 2.30. The number of fused-ring (bicyclic) bond motifs is 1. The summed E-state index contributed by atoms with van der Waals surface area (Å²) >= 11 is 0.982. The van der Waals surface area contributed by atoms with E-state index in [-0.39, 0.29) is 6.04 Å². The van der Waals surface area contributed by atoms with Crippen molar-refractivity contribution in [3.8, 4) is 0 Å². The Morgan fingerprint density at radius 3 is 3.00 bits per heavy atom. The van der Waals surface area contributed by atoms with E-state index in [1.807, 2.05) is 24.3 Å². The number of hydrogen-bond acceptors (Lipinski definition) is 4. The maximum Gasteiger partial charge on any atom is 0.193 e. The Hall–Kier alpha value is -1.07. The topological polar surface area (TPSA) is 44.3 Å². The number of aliphatic hydroxyl groups excluding tert-OH is 1. The van der Waals surface area contributed by atoms with Crippen LogP contribution in [0.4, 0.5) is 0 Å². The van der Waals surface area contributed by atoms with E-state index < -0.39 is 6.10 Å². The van der Waals surface area contributed by atoms with Gasteiger partial charge in [-0.1, -0.05) is 30.8 Å². The van der Waals surface area contributed by atoms with Crippen LogP contribution in [-0.4, -0.2) is 18.3 Å². The van der Waals surface area contributed by atoms with Gasteiger partial charge < -0.3 is 15.1 Å². The first-order chi connectivity index (χ1) is 7.72. The molecule has 82 valence electrons. The fourth-order valence-electron chi connectivity index (χ4n) is 2.04. The molecule has 16 heavy (non-hydrogen) atoms. The minimum atomic E-state index is -0.418. The van der Waals surface area contributed by atoms with E-state index in [1.54, 1.807) is 0 Å². The second-order valence-corrected chi connectivity index (χ2v) is 4.23. The molecule has 0 amide bonds. The van der Waals surface area contributed by atoms with Crippen LogP contribution in [0.5, 0.6) is 0 Å². The highest BCUT2D eigenvalue weighted by Crippen LogP contribution is 2.31. The molecule has 0 saturated heterocycles. The molecule has 2 radical (unpaired) electrons. The standard InChI is InChI=1S/C11H13BN2OS/c1-7(14-16-12)13-11-9-5-3-2-4-8(9)6-10(11)15/h2-5,10-11,13-15H,1,6H2. The van der Waals surface area contributed by atoms with Gasteiger partial charge >= 0.3 is 0 Å². The molecule has 2 atom stereocenters. The second kappa shape index (κ2) is 4.85. The normalized spacial score (nSPS) is 22.6. The van der Waals surface area contributed by atoms with Crippen molar-refractivity contribution >= 4 is 18.9 Å². The first-order valence-corrected chi connectivity index (χ1v) is 5.93. The summed E-state index contributed by atoms with van der Waals surface area (Å²) in [6.07, 6.45) is 0.260. The Labute approximate surface area is 101 Å². The summed E-state index contributed by atoms with van der Waals surface area (Å²) in [7, 11) is 5.28. The summed E-state index contributed by atoms with van der Waals surface area (Å²) in [5.41, 5.74) is 2.31. The Balaban J connectivity index is 2.13. The van der Waals surface area contributed by atoms with Crippen LogP contribution >= 0.6 is 11.8 Å². The molecule has 0 bridgehead atoms. The summed E-state index contributed by atoms with van der Waals surface area (Å²) in [5.74, 6) is 0.605. The molecule has 0 aliphatic heterocycles. The maximum absolute atomic E-state index is 9.96. The molecule has 1 aliphatic rings. The average Bonchev–Trinajstić information content (AvgIpc) is 2.56. The summed E-state index contributed by atoms with van der Waals surface area (Å²) in [6, 6.07) is 7.90. The Morgan fingerprint density at radius 2 is 2.25 bits per heavy atom. The lowest BCUT2D eigenvalue weighted by molar-refractivity contribution is 0.146. The fourth-order valence-corrected chi connectivity index (χ4v) is 2.24. The minimum Gasteiger partial charge on any atom is -0.390 e. The van der Waals surface area contributed by atoms with Crippen molar-refractivity contribution in [2.24, 2.45) is 0 Å². The number of rotatable bonds is 4. The van der Waals surface area contributed by atoms with E-state index in [1.165, 1.54) is 5.56 Å². The molecule has 3 N–H and O–H groups in total. The molecule has 5 heteroatoms. The molecule has 2 unspecified atom stereocenters.